The van der Waals surface area contributed by atoms with Crippen molar-refractivity contribution in [2.75, 3.05) is 20.1 Å². The zero-order chi connectivity index (χ0) is 20.2. The Hall–Kier alpha value is -1.13. The number of alkyl halides is 3. The number of benzene rings is 1. The predicted molar refractivity (Wildman–Crippen MR) is 86.6 cm³/mol. The maximum absolute atomic E-state index is 13.2. The smallest absolute Gasteiger partial charge is 0.417 e. The lowest BCUT2D eigenvalue weighted by Gasteiger charge is -2.21. The second-order valence-electron chi connectivity index (χ2n) is 5.22. The molecule has 0 aromatic heterocycles. The first-order valence-corrected chi connectivity index (χ1v) is 10.6. The number of methoxy groups -OCH3 is 1. The molecule has 0 amide bonds. The molecular formula is C14H20F3O7PS. The molecule has 1 rings (SSSR count). The van der Waals surface area contributed by atoms with Crippen LogP contribution in [0.5, 0.6) is 5.75 Å². The summed E-state index contributed by atoms with van der Waals surface area (Å²) in [6.07, 6.45) is -6.63. The van der Waals surface area contributed by atoms with Gasteiger partial charge < -0.3 is 13.8 Å². The SMILES string of the molecule is CCOP(=O)(COS(=O)(=O)c1c(OC)cccc1C(F)(F)F)OC(C)C. The molecule has 0 saturated heterocycles. The number of ether oxygens (including phenoxy) is 1. The largest absolute Gasteiger partial charge is 0.495 e. The molecule has 0 N–H and O–H groups in total. The van der Waals surface area contributed by atoms with E-state index in [4.69, 9.17) is 13.8 Å². The van der Waals surface area contributed by atoms with Crippen molar-refractivity contribution in [2.45, 2.75) is 37.9 Å². The molecule has 0 spiro atoms. The summed E-state index contributed by atoms with van der Waals surface area (Å²) in [7, 11) is -7.96. The van der Waals surface area contributed by atoms with Gasteiger partial charge in [-0.3, -0.25) is 8.75 Å². The molecule has 7 nitrogen and oxygen atoms in total. The molecule has 0 aliphatic rings. The summed E-state index contributed by atoms with van der Waals surface area (Å²) in [5, 5.41) is 0. The van der Waals surface area contributed by atoms with E-state index in [-0.39, 0.29) is 6.61 Å². The molecule has 0 saturated carbocycles. The highest BCUT2D eigenvalue weighted by Crippen LogP contribution is 2.50. The topological polar surface area (TPSA) is 88.1 Å². The summed E-state index contributed by atoms with van der Waals surface area (Å²) < 4.78 is 96.0. The van der Waals surface area contributed by atoms with Crippen LogP contribution in [0.3, 0.4) is 0 Å². The summed E-state index contributed by atoms with van der Waals surface area (Å²) in [4.78, 5) is -1.21. The molecule has 12 heteroatoms. The molecule has 0 bridgehead atoms. The summed E-state index contributed by atoms with van der Waals surface area (Å²) >= 11 is 0. The summed E-state index contributed by atoms with van der Waals surface area (Å²) in [6.45, 7) is 4.48. The molecular weight excluding hydrogens is 400 g/mol. The van der Waals surface area contributed by atoms with Gasteiger partial charge in [0.2, 0.25) is 0 Å². The fraction of sp³-hybridized carbons (Fsp3) is 0.571. The van der Waals surface area contributed by atoms with Gasteiger partial charge in [-0.1, -0.05) is 6.07 Å². The lowest BCUT2D eigenvalue weighted by Crippen LogP contribution is -2.18. The highest BCUT2D eigenvalue weighted by molar-refractivity contribution is 7.87. The maximum atomic E-state index is 13.2. The van der Waals surface area contributed by atoms with E-state index < -0.39 is 52.6 Å². The average molecular weight is 420 g/mol. The monoisotopic (exact) mass is 420 g/mol. The van der Waals surface area contributed by atoms with Gasteiger partial charge in [-0.05, 0) is 32.9 Å². The van der Waals surface area contributed by atoms with E-state index >= 15 is 0 Å². The molecule has 1 aromatic carbocycles. The fourth-order valence-corrected chi connectivity index (χ4v) is 5.24. The summed E-state index contributed by atoms with van der Waals surface area (Å²) in [6, 6.07) is 2.61. The molecule has 1 aromatic rings. The first kappa shape index (κ1) is 22.9. The Morgan fingerprint density at radius 1 is 1.23 bits per heavy atom. The van der Waals surface area contributed by atoms with E-state index in [1.54, 1.807) is 0 Å². The Morgan fingerprint density at radius 2 is 1.85 bits per heavy atom. The Balaban J connectivity index is 3.29. The first-order valence-electron chi connectivity index (χ1n) is 7.42. The van der Waals surface area contributed by atoms with Crippen LogP contribution in [-0.2, 0) is 34.1 Å². The van der Waals surface area contributed by atoms with Gasteiger partial charge in [0, 0.05) is 0 Å². The molecule has 150 valence electrons. The lowest BCUT2D eigenvalue weighted by molar-refractivity contribution is -0.140. The molecule has 1 atom stereocenters. The minimum absolute atomic E-state index is 0.0735. The lowest BCUT2D eigenvalue weighted by atomic mass is 10.2. The average Bonchev–Trinajstić information content (AvgIpc) is 2.51. The van der Waals surface area contributed by atoms with Crippen LogP contribution in [0.1, 0.15) is 26.3 Å². The Morgan fingerprint density at radius 3 is 2.31 bits per heavy atom. The quantitative estimate of drug-likeness (QED) is 0.440. The van der Waals surface area contributed by atoms with Crippen LogP contribution in [0, 0.1) is 0 Å². The standard InChI is InChI=1S/C14H20F3O7PS/c1-5-22-25(18,24-10(2)3)9-23-26(19,20)13-11(14(15,16)17)7-6-8-12(13)21-4/h6-8,10H,5,9H2,1-4H3. The van der Waals surface area contributed by atoms with Crippen LogP contribution in [0.25, 0.3) is 0 Å². The molecule has 26 heavy (non-hydrogen) atoms. The van der Waals surface area contributed by atoms with E-state index in [9.17, 15) is 26.2 Å². The second kappa shape index (κ2) is 8.71. The van der Waals surface area contributed by atoms with Crippen molar-refractivity contribution in [3.63, 3.8) is 0 Å². The third-order valence-corrected chi connectivity index (χ3v) is 6.18. The van der Waals surface area contributed by atoms with E-state index in [1.165, 1.54) is 20.8 Å². The van der Waals surface area contributed by atoms with Gasteiger partial charge in [0.15, 0.2) is 6.35 Å². The number of halogens is 3. The molecule has 0 heterocycles. The zero-order valence-corrected chi connectivity index (χ0v) is 16.3. The number of hydrogen-bond acceptors (Lipinski definition) is 7. The van der Waals surface area contributed by atoms with Gasteiger partial charge in [0.25, 0.3) is 0 Å². The van der Waals surface area contributed by atoms with E-state index in [0.29, 0.717) is 6.07 Å². The Kier molecular flexibility index (Phi) is 7.67. The Bertz CT molecular complexity index is 762. The second-order valence-corrected chi connectivity index (χ2v) is 8.72. The van der Waals surface area contributed by atoms with Crippen LogP contribution in [-0.4, -0.2) is 34.6 Å². The van der Waals surface area contributed by atoms with Crippen molar-refractivity contribution in [3.05, 3.63) is 23.8 Å². The van der Waals surface area contributed by atoms with Crippen LogP contribution < -0.4 is 4.74 Å². The fourth-order valence-electron chi connectivity index (χ4n) is 1.97. The van der Waals surface area contributed by atoms with Gasteiger partial charge in [-0.15, -0.1) is 0 Å². The van der Waals surface area contributed by atoms with Crippen molar-refractivity contribution < 1.29 is 44.1 Å². The van der Waals surface area contributed by atoms with Crippen molar-refractivity contribution >= 4 is 17.7 Å². The normalized spacial score (nSPS) is 15.1. The molecule has 1 unspecified atom stereocenters. The van der Waals surface area contributed by atoms with Gasteiger partial charge in [-0.2, -0.15) is 21.6 Å². The van der Waals surface area contributed by atoms with E-state index in [2.05, 4.69) is 4.18 Å². The molecule has 0 fully saturated rings. The van der Waals surface area contributed by atoms with Crippen LogP contribution in [0.2, 0.25) is 0 Å². The van der Waals surface area contributed by atoms with Gasteiger partial charge in [0.05, 0.1) is 25.4 Å². The zero-order valence-electron chi connectivity index (χ0n) is 14.6. The highest BCUT2D eigenvalue weighted by atomic mass is 32.2. The highest BCUT2D eigenvalue weighted by Gasteiger charge is 2.41. The van der Waals surface area contributed by atoms with Crippen LogP contribution >= 0.6 is 7.60 Å². The summed E-state index contributed by atoms with van der Waals surface area (Å²) in [5.41, 5.74) is -1.46. The number of hydrogen-bond donors (Lipinski definition) is 0. The van der Waals surface area contributed by atoms with E-state index in [1.807, 2.05) is 0 Å². The van der Waals surface area contributed by atoms with Gasteiger partial charge in [-0.25, -0.2) is 0 Å². The maximum Gasteiger partial charge on any atom is 0.417 e. The van der Waals surface area contributed by atoms with Gasteiger partial charge in [0.1, 0.15) is 10.6 Å². The minimum Gasteiger partial charge on any atom is -0.495 e. The number of rotatable bonds is 9. The molecule has 0 aliphatic carbocycles. The molecule has 0 aliphatic heterocycles. The third kappa shape index (κ3) is 5.95. The van der Waals surface area contributed by atoms with Crippen molar-refractivity contribution in [1.29, 1.82) is 0 Å². The van der Waals surface area contributed by atoms with Crippen molar-refractivity contribution in [1.82, 2.24) is 0 Å². The molecule has 0 radical (unpaired) electrons. The predicted octanol–water partition coefficient (Wildman–Crippen LogP) is 4.03. The van der Waals surface area contributed by atoms with E-state index in [0.717, 1.165) is 19.2 Å². The van der Waals surface area contributed by atoms with Crippen molar-refractivity contribution in [2.24, 2.45) is 0 Å². The minimum atomic E-state index is -4.98. The van der Waals surface area contributed by atoms with Crippen LogP contribution in [0.15, 0.2) is 23.1 Å². The third-order valence-electron chi connectivity index (χ3n) is 2.82. The van der Waals surface area contributed by atoms with Crippen LogP contribution in [0.4, 0.5) is 13.2 Å². The summed E-state index contributed by atoms with van der Waals surface area (Å²) in [5.74, 6) is -0.559. The van der Waals surface area contributed by atoms with Crippen molar-refractivity contribution in [3.8, 4) is 5.75 Å². The first-order chi connectivity index (χ1) is 11.9. The Labute approximate surface area is 150 Å². The van der Waals surface area contributed by atoms with Gasteiger partial charge >= 0.3 is 23.9 Å².